The normalized spacial score (nSPS) is 10.5. The first-order valence-corrected chi connectivity index (χ1v) is 8.62. The molecule has 8 nitrogen and oxygen atoms in total. The first kappa shape index (κ1) is 17.6. The number of carbonyl (C=O) groups excluding carboxylic acids is 3. The number of ether oxygens (including phenoxy) is 1. The van der Waals surface area contributed by atoms with Crippen LogP contribution in [-0.2, 0) is 25.5 Å². The Morgan fingerprint density at radius 2 is 1.85 bits per heavy atom. The molecular formula is C17H16N4O4S. The molecule has 2 N–H and O–H groups in total. The Hall–Kier alpha value is -3.20. The Balaban J connectivity index is 1.45. The summed E-state index contributed by atoms with van der Waals surface area (Å²) in [6.07, 6.45) is 3.61. The number of carbonyl (C=O) groups is 3. The monoisotopic (exact) mass is 372 g/mol. The summed E-state index contributed by atoms with van der Waals surface area (Å²) in [6.45, 7) is 1.03. The first-order valence-electron chi connectivity index (χ1n) is 7.74. The highest BCUT2D eigenvalue weighted by Crippen LogP contribution is 2.14. The molecule has 0 spiro atoms. The molecule has 134 valence electrons. The minimum Gasteiger partial charge on any atom is -0.455 e. The molecule has 1 aromatic carbocycles. The van der Waals surface area contributed by atoms with Gasteiger partial charge in [-0.05, 0) is 24.3 Å². The number of imidazole rings is 1. The van der Waals surface area contributed by atoms with Crippen molar-refractivity contribution in [2.75, 3.05) is 17.2 Å². The topological polar surface area (TPSA) is 102 Å². The van der Waals surface area contributed by atoms with E-state index in [0.29, 0.717) is 17.1 Å². The number of nitrogens with one attached hydrogen (secondary N) is 2. The van der Waals surface area contributed by atoms with Gasteiger partial charge in [-0.15, -0.1) is 11.3 Å². The Kier molecular flexibility index (Phi) is 5.28. The molecule has 0 saturated heterocycles. The third-order valence-corrected chi connectivity index (χ3v) is 4.09. The average molecular weight is 372 g/mol. The fourth-order valence-corrected chi connectivity index (χ4v) is 2.96. The van der Waals surface area contributed by atoms with E-state index >= 15 is 0 Å². The maximum absolute atomic E-state index is 11.9. The lowest BCUT2D eigenvalue weighted by atomic mass is 10.2. The van der Waals surface area contributed by atoms with Crippen LogP contribution in [0.1, 0.15) is 12.6 Å². The summed E-state index contributed by atoms with van der Waals surface area (Å²) in [7, 11) is 0. The molecule has 2 aromatic heterocycles. The zero-order valence-corrected chi connectivity index (χ0v) is 14.7. The molecule has 0 atom stereocenters. The smallest absolute Gasteiger partial charge is 0.312 e. The number of rotatable bonds is 6. The summed E-state index contributed by atoms with van der Waals surface area (Å²) < 4.78 is 6.80. The van der Waals surface area contributed by atoms with Gasteiger partial charge in [0.25, 0.3) is 5.91 Å². The van der Waals surface area contributed by atoms with Crippen LogP contribution in [0.2, 0.25) is 0 Å². The molecule has 0 saturated carbocycles. The van der Waals surface area contributed by atoms with Crippen LogP contribution in [0.5, 0.6) is 0 Å². The fourth-order valence-electron chi connectivity index (χ4n) is 2.24. The van der Waals surface area contributed by atoms with Gasteiger partial charge in [0.15, 0.2) is 11.6 Å². The van der Waals surface area contributed by atoms with Crippen molar-refractivity contribution in [3.8, 4) is 0 Å². The largest absolute Gasteiger partial charge is 0.455 e. The van der Waals surface area contributed by atoms with Crippen molar-refractivity contribution in [1.82, 2.24) is 9.38 Å². The van der Waals surface area contributed by atoms with Crippen LogP contribution < -0.4 is 10.6 Å². The maximum Gasteiger partial charge on any atom is 0.312 e. The zero-order valence-electron chi connectivity index (χ0n) is 13.9. The highest BCUT2D eigenvalue weighted by atomic mass is 32.1. The third kappa shape index (κ3) is 4.67. The summed E-state index contributed by atoms with van der Waals surface area (Å²) >= 11 is 1.47. The number of anilines is 2. The van der Waals surface area contributed by atoms with E-state index in [1.807, 2.05) is 16.0 Å². The summed E-state index contributed by atoms with van der Waals surface area (Å²) in [4.78, 5) is 39.7. The lowest BCUT2D eigenvalue weighted by Gasteiger charge is -2.07. The summed E-state index contributed by atoms with van der Waals surface area (Å²) in [6, 6.07) is 6.60. The molecule has 0 bridgehead atoms. The predicted octanol–water partition coefficient (Wildman–Crippen LogP) is 2.08. The van der Waals surface area contributed by atoms with Crippen LogP contribution in [0.3, 0.4) is 0 Å². The SMILES string of the molecule is CC(=O)Nc1ccc(NC(=O)COC(=O)Cc2cn3ccsc3n2)cc1. The van der Waals surface area contributed by atoms with E-state index in [9.17, 15) is 14.4 Å². The average Bonchev–Trinajstić information content (AvgIpc) is 3.16. The van der Waals surface area contributed by atoms with Crippen molar-refractivity contribution in [2.45, 2.75) is 13.3 Å². The number of amides is 2. The Bertz CT molecular complexity index is 917. The fraction of sp³-hybridized carbons (Fsp3) is 0.176. The van der Waals surface area contributed by atoms with Gasteiger partial charge in [0.1, 0.15) is 0 Å². The second-order valence-electron chi connectivity index (χ2n) is 5.47. The number of hydrogen-bond donors (Lipinski definition) is 2. The van der Waals surface area contributed by atoms with Gasteiger partial charge < -0.3 is 15.4 Å². The highest BCUT2D eigenvalue weighted by molar-refractivity contribution is 7.15. The number of aromatic nitrogens is 2. The van der Waals surface area contributed by atoms with Gasteiger partial charge in [-0.2, -0.15) is 0 Å². The number of fused-ring (bicyclic) bond motifs is 1. The van der Waals surface area contributed by atoms with Gasteiger partial charge in [-0.1, -0.05) is 0 Å². The van der Waals surface area contributed by atoms with E-state index in [-0.39, 0.29) is 18.9 Å². The molecule has 26 heavy (non-hydrogen) atoms. The molecule has 2 heterocycles. The number of benzene rings is 1. The zero-order chi connectivity index (χ0) is 18.5. The molecule has 9 heteroatoms. The quantitative estimate of drug-likeness (QED) is 0.645. The van der Waals surface area contributed by atoms with Gasteiger partial charge in [-0.25, -0.2) is 4.98 Å². The van der Waals surface area contributed by atoms with Crippen molar-refractivity contribution in [1.29, 1.82) is 0 Å². The van der Waals surface area contributed by atoms with Crippen LogP contribution in [0.15, 0.2) is 42.0 Å². The highest BCUT2D eigenvalue weighted by Gasteiger charge is 2.12. The second-order valence-corrected chi connectivity index (χ2v) is 6.34. The lowest BCUT2D eigenvalue weighted by Crippen LogP contribution is -2.21. The molecule has 0 fully saturated rings. The van der Waals surface area contributed by atoms with Gasteiger partial charge in [0.05, 0.1) is 12.1 Å². The number of nitrogens with zero attached hydrogens (tertiary/aromatic N) is 2. The molecule has 0 aliphatic rings. The Morgan fingerprint density at radius 3 is 2.50 bits per heavy atom. The van der Waals surface area contributed by atoms with E-state index < -0.39 is 11.9 Å². The number of esters is 1. The number of hydrogen-bond acceptors (Lipinski definition) is 6. The van der Waals surface area contributed by atoms with Gasteiger partial charge in [-0.3, -0.25) is 18.8 Å². The summed E-state index contributed by atoms with van der Waals surface area (Å²) in [5.41, 5.74) is 1.76. The van der Waals surface area contributed by atoms with Crippen molar-refractivity contribution in [3.05, 3.63) is 47.7 Å². The molecule has 0 aliphatic carbocycles. The van der Waals surface area contributed by atoms with Crippen molar-refractivity contribution in [2.24, 2.45) is 0 Å². The molecule has 2 amide bonds. The van der Waals surface area contributed by atoms with E-state index in [2.05, 4.69) is 15.6 Å². The van der Waals surface area contributed by atoms with Gasteiger partial charge in [0, 0.05) is 36.1 Å². The Morgan fingerprint density at radius 1 is 1.15 bits per heavy atom. The van der Waals surface area contributed by atoms with E-state index in [0.717, 1.165) is 4.96 Å². The van der Waals surface area contributed by atoms with Gasteiger partial charge in [0.2, 0.25) is 5.91 Å². The summed E-state index contributed by atoms with van der Waals surface area (Å²) in [5.74, 6) is -1.14. The number of thiazole rings is 1. The minimum absolute atomic E-state index is 0.00704. The molecule has 0 unspecified atom stereocenters. The lowest BCUT2D eigenvalue weighted by molar-refractivity contribution is -0.146. The van der Waals surface area contributed by atoms with E-state index in [1.54, 1.807) is 30.5 Å². The van der Waals surface area contributed by atoms with Crippen molar-refractivity contribution in [3.63, 3.8) is 0 Å². The van der Waals surface area contributed by atoms with E-state index in [4.69, 9.17) is 4.74 Å². The minimum atomic E-state index is -0.521. The molecule has 0 aliphatic heterocycles. The predicted molar refractivity (Wildman–Crippen MR) is 97.1 cm³/mol. The third-order valence-electron chi connectivity index (χ3n) is 3.32. The van der Waals surface area contributed by atoms with Crippen LogP contribution in [-0.4, -0.2) is 33.8 Å². The Labute approximate surface area is 152 Å². The first-order chi connectivity index (χ1) is 12.5. The van der Waals surface area contributed by atoms with Crippen LogP contribution in [0, 0.1) is 0 Å². The summed E-state index contributed by atoms with van der Waals surface area (Å²) in [5, 5.41) is 7.14. The van der Waals surface area contributed by atoms with Gasteiger partial charge >= 0.3 is 5.97 Å². The van der Waals surface area contributed by atoms with Crippen LogP contribution >= 0.6 is 11.3 Å². The molecular weight excluding hydrogens is 356 g/mol. The van der Waals surface area contributed by atoms with E-state index in [1.165, 1.54) is 18.3 Å². The van der Waals surface area contributed by atoms with Crippen LogP contribution in [0.4, 0.5) is 11.4 Å². The molecule has 3 rings (SSSR count). The van der Waals surface area contributed by atoms with Crippen molar-refractivity contribution >= 4 is 45.5 Å². The molecule has 0 radical (unpaired) electrons. The maximum atomic E-state index is 11.9. The van der Waals surface area contributed by atoms with Crippen LogP contribution in [0.25, 0.3) is 4.96 Å². The second kappa shape index (κ2) is 7.79. The standard InChI is InChI=1S/C17H16N4O4S/c1-11(22)18-12-2-4-13(5-3-12)19-15(23)10-25-16(24)8-14-9-21-6-7-26-17(21)20-14/h2-7,9H,8,10H2,1H3,(H,18,22)(H,19,23). The van der Waals surface area contributed by atoms with Crippen molar-refractivity contribution < 1.29 is 19.1 Å². The molecule has 3 aromatic rings.